The molecule has 2 unspecified atom stereocenters. The monoisotopic (exact) mass is 597 g/mol. The van der Waals surface area contributed by atoms with Crippen molar-refractivity contribution < 1.29 is 9.47 Å². The molecule has 0 radical (unpaired) electrons. The Kier molecular flexibility index (Phi) is 29.8. The van der Waals surface area contributed by atoms with Crippen molar-refractivity contribution in [3.63, 3.8) is 0 Å². The zero-order valence-corrected chi connectivity index (χ0v) is 31.9. The Morgan fingerprint density at radius 3 is 0.595 bits per heavy atom. The van der Waals surface area contributed by atoms with Gasteiger partial charge in [-0.05, 0) is 136 Å². The Balaban J connectivity index is 0. The van der Waals surface area contributed by atoms with Gasteiger partial charge in [-0.25, -0.2) is 0 Å². The van der Waals surface area contributed by atoms with Crippen molar-refractivity contribution in [3.8, 4) is 0 Å². The third-order valence-corrected chi connectivity index (χ3v) is 10.3. The van der Waals surface area contributed by atoms with Gasteiger partial charge in [0.25, 0.3) is 0 Å². The zero-order valence-electron chi connectivity index (χ0n) is 31.9. The lowest BCUT2D eigenvalue weighted by molar-refractivity contribution is 0.0197. The SMILES string of the molecule is C1C2CC3CC1CC(C2)C3.C1C2CC3CC1CC(C2)C3.CC.CC.CC.CC.CCC(C)COC.CCC(C)COC. The second-order valence-corrected chi connectivity index (χ2v) is 13.7. The van der Waals surface area contributed by atoms with Crippen LogP contribution in [-0.2, 0) is 9.47 Å². The Morgan fingerprint density at radius 2 is 0.524 bits per heavy atom. The molecule has 0 aromatic heterocycles. The van der Waals surface area contributed by atoms with Crippen LogP contribution in [0.25, 0.3) is 0 Å². The molecular formula is C40H84O2. The molecular weight excluding hydrogens is 512 g/mol. The molecule has 8 bridgehead atoms. The molecule has 0 heterocycles. The summed E-state index contributed by atoms with van der Waals surface area (Å²) in [5, 5.41) is 0. The molecule has 0 N–H and O–H groups in total. The van der Waals surface area contributed by atoms with Gasteiger partial charge in [-0.2, -0.15) is 0 Å². The molecule has 0 aromatic carbocycles. The highest BCUT2D eigenvalue weighted by Gasteiger charge is 2.42. The van der Waals surface area contributed by atoms with Gasteiger partial charge in [-0.1, -0.05) is 95.9 Å². The summed E-state index contributed by atoms with van der Waals surface area (Å²) in [7, 11) is 3.48. The standard InChI is InChI=1S/2C10H16.2C6H14O.4C2H6/c2*1-7-2-9-4-8(1)5-10(3-7)6-9;2*1-4-6(2)5-7-3;4*1-2/h2*7-10H,1-6H2;2*6H,4-5H2,1-3H3;4*1-2H3. The van der Waals surface area contributed by atoms with Crippen LogP contribution in [-0.4, -0.2) is 27.4 Å². The molecule has 2 nitrogen and oxygen atoms in total. The van der Waals surface area contributed by atoms with Gasteiger partial charge < -0.3 is 9.47 Å². The van der Waals surface area contributed by atoms with Gasteiger partial charge in [0.1, 0.15) is 0 Å². The number of rotatable bonds is 6. The van der Waals surface area contributed by atoms with E-state index >= 15 is 0 Å². The van der Waals surface area contributed by atoms with E-state index in [2.05, 4.69) is 27.7 Å². The average Bonchev–Trinajstić information content (AvgIpc) is 3.01. The third-order valence-electron chi connectivity index (χ3n) is 10.3. The fourth-order valence-corrected chi connectivity index (χ4v) is 8.77. The molecule has 0 spiro atoms. The first-order chi connectivity index (χ1) is 20.4. The van der Waals surface area contributed by atoms with E-state index in [-0.39, 0.29) is 0 Å². The number of methoxy groups -OCH3 is 2. The van der Waals surface area contributed by atoms with Crippen LogP contribution in [0, 0.1) is 59.2 Å². The molecule has 8 aliphatic rings. The van der Waals surface area contributed by atoms with Crippen molar-refractivity contribution in [2.45, 2.75) is 173 Å². The average molecular weight is 597 g/mol. The van der Waals surface area contributed by atoms with E-state index in [1.165, 1.54) is 60.2 Å². The van der Waals surface area contributed by atoms with Crippen LogP contribution in [0.1, 0.15) is 173 Å². The summed E-state index contributed by atoms with van der Waals surface area (Å²) in [6.07, 6.45) is 21.7. The summed E-state index contributed by atoms with van der Waals surface area (Å²) in [5.41, 5.74) is 0. The van der Waals surface area contributed by atoms with Gasteiger partial charge in [0.2, 0.25) is 0 Å². The number of hydrogen-bond donors (Lipinski definition) is 0. The minimum atomic E-state index is 0.727. The lowest BCUT2D eigenvalue weighted by atomic mass is 9.56. The van der Waals surface area contributed by atoms with Gasteiger partial charge in [0.05, 0.1) is 0 Å². The lowest BCUT2D eigenvalue weighted by Gasteiger charge is -2.49. The molecule has 0 amide bonds. The maximum absolute atomic E-state index is 4.89. The quantitative estimate of drug-likeness (QED) is 0.303. The van der Waals surface area contributed by atoms with Crippen LogP contribution in [0.3, 0.4) is 0 Å². The summed E-state index contributed by atoms with van der Waals surface area (Å²) >= 11 is 0. The molecule has 0 saturated heterocycles. The Bertz CT molecular complexity index is 383. The maximum Gasteiger partial charge on any atom is 0.0487 e. The molecule has 256 valence electrons. The van der Waals surface area contributed by atoms with Crippen LogP contribution in [0.15, 0.2) is 0 Å². The van der Waals surface area contributed by atoms with E-state index in [9.17, 15) is 0 Å². The van der Waals surface area contributed by atoms with Crippen LogP contribution in [0.2, 0.25) is 0 Å². The van der Waals surface area contributed by atoms with Crippen LogP contribution >= 0.6 is 0 Å². The van der Waals surface area contributed by atoms with Gasteiger partial charge in [0.15, 0.2) is 0 Å². The second kappa shape index (κ2) is 28.4. The highest BCUT2D eigenvalue weighted by atomic mass is 16.5. The molecule has 2 atom stereocenters. The fraction of sp³-hybridized carbons (Fsp3) is 1.00. The van der Waals surface area contributed by atoms with Crippen LogP contribution in [0.5, 0.6) is 0 Å². The maximum atomic E-state index is 4.89. The van der Waals surface area contributed by atoms with Crippen molar-refractivity contribution in [2.75, 3.05) is 27.4 Å². The third kappa shape index (κ3) is 18.0. The molecule has 42 heavy (non-hydrogen) atoms. The van der Waals surface area contributed by atoms with E-state index in [1.807, 2.05) is 55.4 Å². The number of hydrogen-bond acceptors (Lipinski definition) is 2. The summed E-state index contributed by atoms with van der Waals surface area (Å²) < 4.78 is 9.79. The fourth-order valence-electron chi connectivity index (χ4n) is 8.77. The predicted octanol–water partition coefficient (Wildman–Crippen LogP) is 13.1. The number of ether oxygens (including phenoxy) is 2. The van der Waals surface area contributed by atoms with Crippen molar-refractivity contribution >= 4 is 0 Å². The van der Waals surface area contributed by atoms with E-state index in [1.54, 1.807) is 91.3 Å². The van der Waals surface area contributed by atoms with E-state index < -0.39 is 0 Å². The second-order valence-electron chi connectivity index (χ2n) is 13.7. The Morgan fingerprint density at radius 1 is 0.381 bits per heavy atom. The molecule has 8 fully saturated rings. The summed E-state index contributed by atoms with van der Waals surface area (Å²) in [5.74, 6) is 10.9. The van der Waals surface area contributed by atoms with Gasteiger partial charge in [0, 0.05) is 27.4 Å². The largest absolute Gasteiger partial charge is 0.384 e. The van der Waals surface area contributed by atoms with Crippen molar-refractivity contribution in [2.24, 2.45) is 59.2 Å². The van der Waals surface area contributed by atoms with Gasteiger partial charge >= 0.3 is 0 Å². The molecule has 8 rings (SSSR count). The Hall–Kier alpha value is -0.0800. The predicted molar refractivity (Wildman–Crippen MR) is 191 cm³/mol. The topological polar surface area (TPSA) is 18.5 Å². The molecule has 0 aromatic rings. The van der Waals surface area contributed by atoms with Crippen molar-refractivity contribution in [3.05, 3.63) is 0 Å². The summed E-state index contributed by atoms with van der Waals surface area (Å²) in [4.78, 5) is 0. The summed E-state index contributed by atoms with van der Waals surface area (Å²) in [6.45, 7) is 26.5. The highest BCUT2D eigenvalue weighted by Crippen LogP contribution is 2.54. The van der Waals surface area contributed by atoms with Crippen molar-refractivity contribution in [1.29, 1.82) is 0 Å². The normalized spacial score (nSPS) is 32.7. The molecule has 0 aliphatic heterocycles. The highest BCUT2D eigenvalue weighted by molar-refractivity contribution is 4.93. The molecule has 8 saturated carbocycles. The van der Waals surface area contributed by atoms with Crippen molar-refractivity contribution in [1.82, 2.24) is 0 Å². The first-order valence-corrected chi connectivity index (χ1v) is 19.4. The minimum absolute atomic E-state index is 0.727. The Labute approximate surface area is 268 Å². The smallest absolute Gasteiger partial charge is 0.0487 e. The zero-order chi connectivity index (χ0) is 32.5. The van der Waals surface area contributed by atoms with Gasteiger partial charge in [-0.3, -0.25) is 0 Å². The molecule has 8 aliphatic carbocycles. The first kappa shape index (κ1) is 44.0. The van der Waals surface area contributed by atoms with E-state index in [4.69, 9.17) is 9.47 Å². The lowest BCUT2D eigenvalue weighted by Crippen LogP contribution is -2.38. The van der Waals surface area contributed by atoms with E-state index in [0.717, 1.165) is 25.0 Å². The molecule has 2 heteroatoms. The minimum Gasteiger partial charge on any atom is -0.384 e. The first-order valence-electron chi connectivity index (χ1n) is 19.4. The summed E-state index contributed by atoms with van der Waals surface area (Å²) in [6, 6.07) is 0. The van der Waals surface area contributed by atoms with Crippen LogP contribution in [0.4, 0.5) is 0 Å². The van der Waals surface area contributed by atoms with Crippen LogP contribution < -0.4 is 0 Å². The van der Waals surface area contributed by atoms with Gasteiger partial charge in [-0.15, -0.1) is 0 Å². The van der Waals surface area contributed by atoms with E-state index in [0.29, 0.717) is 0 Å².